The van der Waals surface area contributed by atoms with E-state index in [0.717, 1.165) is 36.4 Å². The lowest BCUT2D eigenvalue weighted by atomic mass is 10.00. The molecule has 0 saturated carbocycles. The van der Waals surface area contributed by atoms with Crippen molar-refractivity contribution in [1.82, 2.24) is 10.2 Å². The van der Waals surface area contributed by atoms with Gasteiger partial charge in [-0.3, -0.25) is 4.79 Å². The van der Waals surface area contributed by atoms with E-state index in [1.807, 2.05) is 24.3 Å². The van der Waals surface area contributed by atoms with Gasteiger partial charge in [0.1, 0.15) is 0 Å². The lowest BCUT2D eigenvalue weighted by Gasteiger charge is -2.35. The molecule has 1 fully saturated rings. The first-order valence-electron chi connectivity index (χ1n) is 7.90. The number of rotatable bonds is 5. The van der Waals surface area contributed by atoms with Gasteiger partial charge in [-0.05, 0) is 50.3 Å². The molecule has 21 heavy (non-hydrogen) atoms. The van der Waals surface area contributed by atoms with Crippen molar-refractivity contribution in [2.24, 2.45) is 0 Å². The number of carbonyl (C=O) groups is 1. The third kappa shape index (κ3) is 4.45. The Morgan fingerprint density at radius 2 is 2.10 bits per heavy atom. The van der Waals surface area contributed by atoms with Crippen molar-refractivity contribution in [3.05, 3.63) is 34.9 Å². The normalized spacial score (nSPS) is 20.3. The van der Waals surface area contributed by atoms with Crippen molar-refractivity contribution in [1.29, 1.82) is 0 Å². The number of carbonyl (C=O) groups excluding carboxylic acids is 1. The van der Waals surface area contributed by atoms with Gasteiger partial charge in [0.2, 0.25) is 5.91 Å². The van der Waals surface area contributed by atoms with Crippen molar-refractivity contribution in [2.75, 3.05) is 13.1 Å². The molecule has 2 rings (SSSR count). The fraction of sp³-hybridized carbons (Fsp3) is 0.588. The number of hydrogen-bond donors (Lipinski definition) is 1. The number of benzene rings is 1. The van der Waals surface area contributed by atoms with Crippen molar-refractivity contribution in [3.8, 4) is 0 Å². The van der Waals surface area contributed by atoms with Crippen LogP contribution in [0.4, 0.5) is 0 Å². The Bertz CT molecular complexity index is 460. The highest BCUT2D eigenvalue weighted by atomic mass is 35.5. The molecule has 0 radical (unpaired) electrons. The van der Waals surface area contributed by atoms with Crippen LogP contribution in [0, 0.1) is 0 Å². The zero-order chi connectivity index (χ0) is 15.2. The van der Waals surface area contributed by atoms with Crippen LogP contribution in [0.2, 0.25) is 5.02 Å². The molecule has 3 nitrogen and oxygen atoms in total. The van der Waals surface area contributed by atoms with E-state index < -0.39 is 0 Å². The first-order chi connectivity index (χ1) is 10.1. The van der Waals surface area contributed by atoms with Crippen LogP contribution in [0.5, 0.6) is 0 Å². The summed E-state index contributed by atoms with van der Waals surface area (Å²) < 4.78 is 0. The van der Waals surface area contributed by atoms with Crippen molar-refractivity contribution in [3.63, 3.8) is 0 Å². The van der Waals surface area contributed by atoms with Gasteiger partial charge in [0, 0.05) is 23.7 Å². The Hall–Kier alpha value is -1.06. The largest absolute Gasteiger partial charge is 0.339 e. The van der Waals surface area contributed by atoms with E-state index in [0.29, 0.717) is 12.6 Å². The minimum absolute atomic E-state index is 0.149. The number of amides is 1. The SMILES string of the molecule is CCC1CCCCN1C(=O)CNC(C)c1ccc(Cl)cc1. The summed E-state index contributed by atoms with van der Waals surface area (Å²) in [6, 6.07) is 8.35. The fourth-order valence-corrected chi connectivity index (χ4v) is 3.09. The summed E-state index contributed by atoms with van der Waals surface area (Å²) in [6.45, 7) is 5.55. The van der Waals surface area contributed by atoms with Gasteiger partial charge in [-0.2, -0.15) is 0 Å². The number of nitrogens with zero attached hydrogens (tertiary/aromatic N) is 1. The quantitative estimate of drug-likeness (QED) is 0.897. The van der Waals surface area contributed by atoms with Crippen LogP contribution in [-0.2, 0) is 4.79 Å². The third-order valence-electron chi connectivity index (χ3n) is 4.35. The Morgan fingerprint density at radius 1 is 1.38 bits per heavy atom. The molecule has 2 unspecified atom stereocenters. The van der Waals surface area contributed by atoms with Crippen molar-refractivity contribution in [2.45, 2.75) is 51.6 Å². The first kappa shape index (κ1) is 16.3. The predicted molar refractivity (Wildman–Crippen MR) is 87.5 cm³/mol. The van der Waals surface area contributed by atoms with Gasteiger partial charge in [-0.25, -0.2) is 0 Å². The van der Waals surface area contributed by atoms with E-state index in [4.69, 9.17) is 11.6 Å². The van der Waals surface area contributed by atoms with E-state index in [1.54, 1.807) is 0 Å². The number of nitrogens with one attached hydrogen (secondary N) is 1. The molecule has 1 aromatic rings. The second-order valence-electron chi connectivity index (χ2n) is 5.80. The predicted octanol–water partition coefficient (Wildman–Crippen LogP) is 3.78. The summed E-state index contributed by atoms with van der Waals surface area (Å²) in [5.74, 6) is 0.224. The molecule has 1 aliphatic heterocycles. The highest BCUT2D eigenvalue weighted by Gasteiger charge is 2.25. The molecule has 1 aromatic carbocycles. The molecule has 0 aromatic heterocycles. The molecule has 1 aliphatic rings. The summed E-state index contributed by atoms with van der Waals surface area (Å²) >= 11 is 5.90. The number of hydrogen-bond acceptors (Lipinski definition) is 2. The third-order valence-corrected chi connectivity index (χ3v) is 4.60. The molecule has 4 heteroatoms. The van der Waals surface area contributed by atoms with Crippen LogP contribution in [0.25, 0.3) is 0 Å². The highest BCUT2D eigenvalue weighted by Crippen LogP contribution is 2.20. The van der Waals surface area contributed by atoms with Crippen LogP contribution < -0.4 is 5.32 Å². The highest BCUT2D eigenvalue weighted by molar-refractivity contribution is 6.30. The molecule has 1 amide bonds. The van der Waals surface area contributed by atoms with Crippen LogP contribution in [0.3, 0.4) is 0 Å². The maximum atomic E-state index is 12.4. The molecule has 116 valence electrons. The van der Waals surface area contributed by atoms with E-state index in [9.17, 15) is 4.79 Å². The van der Waals surface area contributed by atoms with Gasteiger partial charge in [0.15, 0.2) is 0 Å². The number of likely N-dealkylation sites (tertiary alicyclic amines) is 1. The van der Waals surface area contributed by atoms with Gasteiger partial charge in [-0.15, -0.1) is 0 Å². The topological polar surface area (TPSA) is 32.3 Å². The van der Waals surface area contributed by atoms with Crippen molar-refractivity contribution < 1.29 is 4.79 Å². The van der Waals surface area contributed by atoms with E-state index >= 15 is 0 Å². The summed E-state index contributed by atoms with van der Waals surface area (Å²) in [5.41, 5.74) is 1.15. The van der Waals surface area contributed by atoms with Gasteiger partial charge in [-0.1, -0.05) is 30.7 Å². The van der Waals surface area contributed by atoms with E-state index in [1.165, 1.54) is 6.42 Å². The van der Waals surface area contributed by atoms with Gasteiger partial charge in [0.05, 0.1) is 6.54 Å². The fourth-order valence-electron chi connectivity index (χ4n) is 2.96. The minimum atomic E-state index is 0.149. The molecule has 1 N–H and O–H groups in total. The van der Waals surface area contributed by atoms with Gasteiger partial charge < -0.3 is 10.2 Å². The van der Waals surface area contributed by atoms with E-state index in [-0.39, 0.29) is 11.9 Å². The van der Waals surface area contributed by atoms with Crippen molar-refractivity contribution >= 4 is 17.5 Å². The zero-order valence-electron chi connectivity index (χ0n) is 12.9. The summed E-state index contributed by atoms with van der Waals surface area (Å²) in [5, 5.41) is 4.06. The van der Waals surface area contributed by atoms with Gasteiger partial charge >= 0.3 is 0 Å². The monoisotopic (exact) mass is 308 g/mol. The Labute approximate surface area is 132 Å². The molecule has 0 aliphatic carbocycles. The minimum Gasteiger partial charge on any atom is -0.339 e. The molecular weight excluding hydrogens is 284 g/mol. The molecule has 0 bridgehead atoms. The second kappa shape index (κ2) is 7.81. The summed E-state index contributed by atoms with van der Waals surface area (Å²) in [6.07, 6.45) is 4.58. The van der Waals surface area contributed by atoms with Crippen LogP contribution in [-0.4, -0.2) is 29.9 Å². The maximum Gasteiger partial charge on any atom is 0.236 e. The molecular formula is C17H25ClN2O. The molecule has 2 atom stereocenters. The maximum absolute atomic E-state index is 12.4. The second-order valence-corrected chi connectivity index (χ2v) is 6.24. The standard InChI is InChI=1S/C17H25ClN2O/c1-3-16-6-4-5-11-20(16)17(21)12-19-13(2)14-7-9-15(18)10-8-14/h7-10,13,16,19H,3-6,11-12H2,1-2H3. The lowest BCUT2D eigenvalue weighted by Crippen LogP contribution is -2.47. The summed E-state index contributed by atoms with van der Waals surface area (Å²) in [4.78, 5) is 14.5. The zero-order valence-corrected chi connectivity index (χ0v) is 13.7. The number of halogens is 1. The molecule has 1 heterocycles. The molecule has 1 saturated heterocycles. The van der Waals surface area contributed by atoms with Crippen LogP contribution >= 0.6 is 11.6 Å². The summed E-state index contributed by atoms with van der Waals surface area (Å²) in [7, 11) is 0. The number of piperidine rings is 1. The van der Waals surface area contributed by atoms with Gasteiger partial charge in [0.25, 0.3) is 0 Å². The van der Waals surface area contributed by atoms with E-state index in [2.05, 4.69) is 24.1 Å². The Morgan fingerprint density at radius 3 is 2.76 bits per heavy atom. The Balaban J connectivity index is 1.86. The Kier molecular flexibility index (Phi) is 6.07. The van der Waals surface area contributed by atoms with Crippen LogP contribution in [0.15, 0.2) is 24.3 Å². The smallest absolute Gasteiger partial charge is 0.236 e. The average Bonchev–Trinajstić information content (AvgIpc) is 2.52. The first-order valence-corrected chi connectivity index (χ1v) is 8.28. The molecule has 0 spiro atoms. The van der Waals surface area contributed by atoms with Crippen LogP contribution in [0.1, 0.15) is 51.1 Å². The average molecular weight is 309 g/mol. The lowest BCUT2D eigenvalue weighted by molar-refractivity contribution is -0.134.